The Morgan fingerprint density at radius 1 is 1.17 bits per heavy atom. The van der Waals surface area contributed by atoms with Crippen molar-refractivity contribution in [1.29, 1.82) is 0 Å². The first kappa shape index (κ1) is 21.6. The number of rotatable bonds is 8. The number of carbonyl (C=O) groups excluding carboxylic acids is 2. The zero-order valence-corrected chi connectivity index (χ0v) is 18.1. The summed E-state index contributed by atoms with van der Waals surface area (Å²) in [6.07, 6.45) is 3.50. The van der Waals surface area contributed by atoms with Crippen LogP contribution >= 0.6 is 11.3 Å². The molecule has 6 nitrogen and oxygen atoms in total. The molecule has 0 aliphatic carbocycles. The third kappa shape index (κ3) is 5.51. The van der Waals surface area contributed by atoms with Crippen molar-refractivity contribution in [2.24, 2.45) is 0 Å². The highest BCUT2D eigenvalue weighted by atomic mass is 32.1. The van der Waals surface area contributed by atoms with Gasteiger partial charge in [-0.2, -0.15) is 0 Å². The average molecular weight is 424 g/mol. The minimum atomic E-state index is -0.904. The molecule has 2 aromatic heterocycles. The Labute approximate surface area is 180 Å². The second kappa shape index (κ2) is 10.1. The molecule has 7 heteroatoms. The molecule has 0 radical (unpaired) electrons. The fourth-order valence-corrected chi connectivity index (χ4v) is 3.76. The number of aromatic nitrogens is 2. The number of benzene rings is 1. The van der Waals surface area contributed by atoms with Gasteiger partial charge in [0, 0.05) is 29.0 Å². The number of esters is 1. The van der Waals surface area contributed by atoms with Gasteiger partial charge in [-0.3, -0.25) is 14.6 Å². The molecule has 0 saturated carbocycles. The van der Waals surface area contributed by atoms with E-state index in [1.54, 1.807) is 19.3 Å². The van der Waals surface area contributed by atoms with Gasteiger partial charge in [-0.05, 0) is 43.0 Å². The Balaban J connectivity index is 1.57. The SMILES string of the molecule is CC[C@H](C)c1ccccc1NC(=O)[C@H](C)OC(=O)Cc1csc(-c2cccnc2)n1. The van der Waals surface area contributed by atoms with Crippen LogP contribution in [0.5, 0.6) is 0 Å². The molecule has 0 aliphatic rings. The smallest absolute Gasteiger partial charge is 0.312 e. The first-order valence-electron chi connectivity index (χ1n) is 9.92. The van der Waals surface area contributed by atoms with Crippen LogP contribution in [0, 0.1) is 0 Å². The van der Waals surface area contributed by atoms with Crippen LogP contribution in [-0.2, 0) is 20.7 Å². The maximum atomic E-state index is 12.5. The van der Waals surface area contributed by atoms with Gasteiger partial charge >= 0.3 is 5.97 Å². The van der Waals surface area contributed by atoms with E-state index in [1.165, 1.54) is 11.3 Å². The molecule has 30 heavy (non-hydrogen) atoms. The fourth-order valence-electron chi connectivity index (χ4n) is 2.95. The number of pyridine rings is 1. The Morgan fingerprint density at radius 3 is 2.70 bits per heavy atom. The lowest BCUT2D eigenvalue weighted by Gasteiger charge is -2.18. The maximum absolute atomic E-state index is 12.5. The number of ether oxygens (including phenoxy) is 1. The molecule has 0 fully saturated rings. The number of amides is 1. The first-order chi connectivity index (χ1) is 14.5. The molecule has 2 heterocycles. The van der Waals surface area contributed by atoms with Crippen LogP contribution in [0.3, 0.4) is 0 Å². The van der Waals surface area contributed by atoms with E-state index in [2.05, 4.69) is 29.1 Å². The zero-order chi connectivity index (χ0) is 21.5. The van der Waals surface area contributed by atoms with Gasteiger partial charge < -0.3 is 10.1 Å². The van der Waals surface area contributed by atoms with E-state index in [-0.39, 0.29) is 12.3 Å². The van der Waals surface area contributed by atoms with E-state index in [0.29, 0.717) is 11.6 Å². The molecule has 3 aromatic rings. The first-order valence-corrected chi connectivity index (χ1v) is 10.8. The van der Waals surface area contributed by atoms with Gasteiger partial charge in [0.15, 0.2) is 6.10 Å². The molecular weight excluding hydrogens is 398 g/mol. The van der Waals surface area contributed by atoms with Gasteiger partial charge in [0.05, 0.1) is 12.1 Å². The van der Waals surface area contributed by atoms with Crippen molar-refractivity contribution in [3.8, 4) is 10.6 Å². The number of nitrogens with one attached hydrogen (secondary N) is 1. The van der Waals surface area contributed by atoms with Crippen molar-refractivity contribution in [3.05, 3.63) is 65.4 Å². The number of thiazole rings is 1. The van der Waals surface area contributed by atoms with Crippen LogP contribution in [0.1, 0.15) is 44.4 Å². The lowest BCUT2D eigenvalue weighted by molar-refractivity contribution is -0.152. The van der Waals surface area contributed by atoms with Gasteiger partial charge in [0.25, 0.3) is 5.91 Å². The summed E-state index contributed by atoms with van der Waals surface area (Å²) >= 11 is 1.44. The highest BCUT2D eigenvalue weighted by Gasteiger charge is 2.20. The predicted octanol–water partition coefficient (Wildman–Crippen LogP) is 4.83. The molecule has 156 valence electrons. The monoisotopic (exact) mass is 423 g/mol. The third-order valence-electron chi connectivity index (χ3n) is 4.83. The summed E-state index contributed by atoms with van der Waals surface area (Å²) in [5, 5.41) is 5.49. The third-order valence-corrected chi connectivity index (χ3v) is 5.77. The summed E-state index contributed by atoms with van der Waals surface area (Å²) in [5.41, 5.74) is 3.33. The normalized spacial score (nSPS) is 12.8. The summed E-state index contributed by atoms with van der Waals surface area (Å²) in [6.45, 7) is 5.79. The largest absolute Gasteiger partial charge is 0.452 e. The number of hydrogen-bond acceptors (Lipinski definition) is 6. The number of anilines is 1. The van der Waals surface area contributed by atoms with Crippen molar-refractivity contribution in [1.82, 2.24) is 9.97 Å². The van der Waals surface area contributed by atoms with E-state index < -0.39 is 12.1 Å². The Morgan fingerprint density at radius 2 is 1.97 bits per heavy atom. The fraction of sp³-hybridized carbons (Fsp3) is 0.304. The number of nitrogens with zero attached hydrogens (tertiary/aromatic N) is 2. The van der Waals surface area contributed by atoms with E-state index in [0.717, 1.165) is 28.2 Å². The lowest BCUT2D eigenvalue weighted by Crippen LogP contribution is -2.31. The zero-order valence-electron chi connectivity index (χ0n) is 17.3. The van der Waals surface area contributed by atoms with Crippen LogP contribution in [0.2, 0.25) is 0 Å². The van der Waals surface area contributed by atoms with E-state index in [4.69, 9.17) is 4.74 Å². The average Bonchev–Trinajstić information content (AvgIpc) is 3.22. The van der Waals surface area contributed by atoms with Crippen LogP contribution < -0.4 is 5.32 Å². The van der Waals surface area contributed by atoms with E-state index in [9.17, 15) is 9.59 Å². The van der Waals surface area contributed by atoms with Gasteiger partial charge in [-0.25, -0.2) is 4.98 Å². The minimum Gasteiger partial charge on any atom is -0.452 e. The van der Waals surface area contributed by atoms with Gasteiger partial charge in [-0.15, -0.1) is 11.3 Å². The molecule has 1 N–H and O–H groups in total. The summed E-state index contributed by atoms with van der Waals surface area (Å²) in [6, 6.07) is 11.4. The Hall–Kier alpha value is -3.06. The van der Waals surface area contributed by atoms with Crippen molar-refractivity contribution >= 4 is 28.9 Å². The quantitative estimate of drug-likeness (QED) is 0.525. The molecular formula is C23H25N3O3S. The Kier molecular flexibility index (Phi) is 7.30. The maximum Gasteiger partial charge on any atom is 0.312 e. The van der Waals surface area contributed by atoms with Crippen LogP contribution in [0.15, 0.2) is 54.2 Å². The number of para-hydroxylation sites is 1. The van der Waals surface area contributed by atoms with Crippen molar-refractivity contribution in [3.63, 3.8) is 0 Å². The molecule has 0 unspecified atom stereocenters. The lowest BCUT2D eigenvalue weighted by atomic mass is 9.97. The molecule has 0 aliphatic heterocycles. The summed E-state index contributed by atoms with van der Waals surface area (Å²) < 4.78 is 5.33. The van der Waals surface area contributed by atoms with Gasteiger partial charge in [0.2, 0.25) is 0 Å². The van der Waals surface area contributed by atoms with Crippen molar-refractivity contribution in [2.75, 3.05) is 5.32 Å². The molecule has 3 rings (SSSR count). The van der Waals surface area contributed by atoms with Crippen molar-refractivity contribution < 1.29 is 14.3 Å². The van der Waals surface area contributed by atoms with Crippen LogP contribution in [0.4, 0.5) is 5.69 Å². The molecule has 2 atom stereocenters. The predicted molar refractivity (Wildman–Crippen MR) is 118 cm³/mol. The second-order valence-electron chi connectivity index (χ2n) is 7.08. The summed E-state index contributed by atoms with van der Waals surface area (Å²) in [7, 11) is 0. The minimum absolute atomic E-state index is 0.0117. The molecule has 0 saturated heterocycles. The Bertz CT molecular complexity index is 1000. The summed E-state index contributed by atoms with van der Waals surface area (Å²) in [5.74, 6) is -0.526. The van der Waals surface area contributed by atoms with Crippen LogP contribution in [0.25, 0.3) is 10.6 Å². The highest BCUT2D eigenvalue weighted by Crippen LogP contribution is 2.27. The molecule has 0 spiro atoms. The highest BCUT2D eigenvalue weighted by molar-refractivity contribution is 7.13. The second-order valence-corrected chi connectivity index (χ2v) is 7.94. The number of hydrogen-bond donors (Lipinski definition) is 1. The van der Waals surface area contributed by atoms with E-state index >= 15 is 0 Å². The van der Waals surface area contributed by atoms with Crippen LogP contribution in [-0.4, -0.2) is 27.9 Å². The molecule has 0 bridgehead atoms. The number of carbonyl (C=O) groups is 2. The van der Waals surface area contributed by atoms with Gasteiger partial charge in [-0.1, -0.05) is 32.0 Å². The summed E-state index contributed by atoms with van der Waals surface area (Å²) in [4.78, 5) is 33.4. The standard InChI is InChI=1S/C23H25N3O3S/c1-4-15(2)19-9-5-6-10-20(19)26-22(28)16(3)29-21(27)12-18-14-30-23(25-18)17-8-7-11-24-13-17/h5-11,13-16H,4,12H2,1-3H3,(H,26,28)/t15-,16-/m0/s1. The molecule has 1 amide bonds. The van der Waals surface area contributed by atoms with Crippen molar-refractivity contribution in [2.45, 2.75) is 45.6 Å². The van der Waals surface area contributed by atoms with E-state index in [1.807, 2.05) is 41.8 Å². The molecule has 1 aromatic carbocycles. The topological polar surface area (TPSA) is 81.2 Å². The van der Waals surface area contributed by atoms with Gasteiger partial charge in [0.1, 0.15) is 5.01 Å².